The van der Waals surface area contributed by atoms with Crippen LogP contribution < -0.4 is 4.90 Å². The first-order chi connectivity index (χ1) is 18.5. The molecule has 0 radical (unpaired) electrons. The van der Waals surface area contributed by atoms with Crippen molar-refractivity contribution in [2.45, 2.75) is 44.5 Å². The van der Waals surface area contributed by atoms with Gasteiger partial charge in [-0.05, 0) is 57.2 Å². The Labute approximate surface area is 226 Å². The van der Waals surface area contributed by atoms with Crippen LogP contribution in [-0.4, -0.2) is 106 Å². The van der Waals surface area contributed by atoms with Crippen LogP contribution >= 0.6 is 0 Å². The molecule has 1 atom stereocenters. The van der Waals surface area contributed by atoms with E-state index in [1.54, 1.807) is 12.4 Å². The molecule has 1 aliphatic carbocycles. The van der Waals surface area contributed by atoms with Crippen molar-refractivity contribution in [1.82, 2.24) is 19.8 Å². The van der Waals surface area contributed by atoms with Crippen LogP contribution in [0.3, 0.4) is 0 Å². The largest absolute Gasteiger partial charge is 0.490 e. The third-order valence-corrected chi connectivity index (χ3v) is 7.95. The minimum absolute atomic E-state index is 0.0775. The Morgan fingerprint density at radius 1 is 0.925 bits per heavy atom. The van der Waals surface area contributed by atoms with E-state index in [-0.39, 0.29) is 10.8 Å². The Kier molecular flexibility index (Phi) is 9.21. The van der Waals surface area contributed by atoms with E-state index in [0.717, 1.165) is 63.9 Å². The number of piperidine rings is 1. The molecule has 1 aromatic heterocycles. The summed E-state index contributed by atoms with van der Waals surface area (Å²) in [4.78, 5) is 46.9. The van der Waals surface area contributed by atoms with E-state index in [1.807, 2.05) is 18.0 Å². The molecule has 4 fully saturated rings. The van der Waals surface area contributed by atoms with Gasteiger partial charge in [0, 0.05) is 51.0 Å². The van der Waals surface area contributed by atoms with Gasteiger partial charge in [0.1, 0.15) is 0 Å². The first kappa shape index (κ1) is 31.4. The first-order valence-electron chi connectivity index (χ1n) is 12.6. The second-order valence-electron chi connectivity index (χ2n) is 10.6. The molecule has 2 N–H and O–H groups in total. The van der Waals surface area contributed by atoms with Crippen molar-refractivity contribution >= 4 is 23.8 Å². The maximum Gasteiger partial charge on any atom is 0.490 e. The molecule has 10 nitrogen and oxygen atoms in total. The fraction of sp³-hybridized carbons (Fsp3) is 0.708. The summed E-state index contributed by atoms with van der Waals surface area (Å²) in [7, 11) is 1.97. The highest BCUT2D eigenvalue weighted by molar-refractivity contribution is 5.87. The number of fused-ring (bicyclic) bond motifs is 1. The number of carbonyl (C=O) groups excluding carboxylic acids is 1. The lowest BCUT2D eigenvalue weighted by molar-refractivity contribution is -0.193. The molecular formula is C24H31F6N5O5. The number of hydrogen-bond acceptors (Lipinski definition) is 7. The quantitative estimate of drug-likeness (QED) is 0.517. The Bertz CT molecular complexity index is 1040. The molecule has 1 unspecified atom stereocenters. The molecule has 1 saturated carbocycles. The van der Waals surface area contributed by atoms with E-state index < -0.39 is 24.3 Å². The van der Waals surface area contributed by atoms with E-state index in [9.17, 15) is 31.1 Å². The Morgan fingerprint density at radius 2 is 1.43 bits per heavy atom. The normalized spacial score (nSPS) is 24.4. The molecule has 1 aromatic rings. The van der Waals surface area contributed by atoms with Crippen LogP contribution in [0.25, 0.3) is 0 Å². The second kappa shape index (κ2) is 11.7. The van der Waals surface area contributed by atoms with E-state index >= 15 is 0 Å². The van der Waals surface area contributed by atoms with Crippen LogP contribution in [0.2, 0.25) is 0 Å². The summed E-state index contributed by atoms with van der Waals surface area (Å²) in [6.07, 6.45) is -0.497. The van der Waals surface area contributed by atoms with Crippen LogP contribution in [0.5, 0.6) is 0 Å². The highest BCUT2D eigenvalue weighted by atomic mass is 19.4. The molecule has 0 bridgehead atoms. The van der Waals surface area contributed by atoms with Gasteiger partial charge in [-0.1, -0.05) is 0 Å². The van der Waals surface area contributed by atoms with Crippen LogP contribution in [0.15, 0.2) is 18.5 Å². The Balaban J connectivity index is 0.000000263. The number of anilines is 1. The number of carboxylic acid groups (broad SMARTS) is 2. The molecule has 1 amide bonds. The van der Waals surface area contributed by atoms with Crippen LogP contribution in [-0.2, 0) is 14.4 Å². The zero-order chi connectivity index (χ0) is 29.9. The van der Waals surface area contributed by atoms with E-state index in [4.69, 9.17) is 19.8 Å². The average molecular weight is 584 g/mol. The predicted molar refractivity (Wildman–Crippen MR) is 127 cm³/mol. The molecule has 16 heteroatoms. The van der Waals surface area contributed by atoms with Crippen molar-refractivity contribution in [2.24, 2.45) is 16.7 Å². The highest BCUT2D eigenvalue weighted by Crippen LogP contribution is 2.58. The standard InChI is InChI=1S/C20H29N5O.2C2HF3O2/c1-23-10-7-20(17(23)26)15-25(18-21-8-2-9-22-18)14-19(20)5-11-24(12-6-19)13-16-3-4-16;2*3-2(4,5)1(6)7/h2,8-9,16H,3-7,10-15H2,1H3;2*(H,6,7). The Morgan fingerprint density at radius 3 is 1.82 bits per heavy atom. The van der Waals surface area contributed by atoms with Gasteiger partial charge in [0.15, 0.2) is 0 Å². The number of carbonyl (C=O) groups is 3. The van der Waals surface area contributed by atoms with Crippen molar-refractivity contribution in [2.75, 3.05) is 51.2 Å². The van der Waals surface area contributed by atoms with Gasteiger partial charge in [-0.15, -0.1) is 0 Å². The number of aliphatic carboxylic acids is 2. The molecule has 0 aromatic carbocycles. The molecule has 3 aliphatic heterocycles. The minimum atomic E-state index is -5.08. The number of likely N-dealkylation sites (tertiary alicyclic amines) is 2. The van der Waals surface area contributed by atoms with Crippen molar-refractivity contribution < 1.29 is 50.9 Å². The van der Waals surface area contributed by atoms with Gasteiger partial charge in [0.2, 0.25) is 11.9 Å². The summed E-state index contributed by atoms with van der Waals surface area (Å²) in [6, 6.07) is 1.86. The number of aromatic nitrogens is 2. The summed E-state index contributed by atoms with van der Waals surface area (Å²) in [6.45, 7) is 6.13. The lowest BCUT2D eigenvalue weighted by Gasteiger charge is -2.46. The highest BCUT2D eigenvalue weighted by Gasteiger charge is 2.65. The Hall–Kier alpha value is -3.17. The fourth-order valence-corrected chi connectivity index (χ4v) is 5.70. The fourth-order valence-electron chi connectivity index (χ4n) is 5.70. The van der Waals surface area contributed by atoms with E-state index in [2.05, 4.69) is 19.8 Å². The molecule has 4 aliphatic rings. The number of carboxylic acids is 2. The maximum atomic E-state index is 13.3. The summed E-state index contributed by atoms with van der Waals surface area (Å²) >= 11 is 0. The summed E-state index contributed by atoms with van der Waals surface area (Å²) in [5, 5.41) is 14.2. The molecule has 40 heavy (non-hydrogen) atoms. The van der Waals surface area contributed by atoms with Crippen molar-refractivity contribution in [3.8, 4) is 0 Å². The topological polar surface area (TPSA) is 127 Å². The summed E-state index contributed by atoms with van der Waals surface area (Å²) in [5.74, 6) is -3.44. The van der Waals surface area contributed by atoms with Crippen LogP contribution in [0.4, 0.5) is 32.3 Å². The smallest absolute Gasteiger partial charge is 0.475 e. The first-order valence-corrected chi connectivity index (χ1v) is 12.6. The van der Waals surface area contributed by atoms with Gasteiger partial charge in [-0.25, -0.2) is 19.6 Å². The predicted octanol–water partition coefficient (Wildman–Crippen LogP) is 2.90. The van der Waals surface area contributed by atoms with Gasteiger partial charge < -0.3 is 24.9 Å². The number of hydrogen-bond donors (Lipinski definition) is 2. The van der Waals surface area contributed by atoms with Crippen LogP contribution in [0, 0.1) is 16.7 Å². The van der Waals surface area contributed by atoms with Gasteiger partial charge in [-0.3, -0.25) is 4.79 Å². The maximum absolute atomic E-state index is 13.3. The summed E-state index contributed by atoms with van der Waals surface area (Å²) in [5.41, 5.74) is -0.166. The molecule has 224 valence electrons. The summed E-state index contributed by atoms with van der Waals surface area (Å²) < 4.78 is 63.5. The van der Waals surface area contributed by atoms with E-state index in [1.165, 1.54) is 19.4 Å². The molecule has 3 saturated heterocycles. The number of nitrogens with zero attached hydrogens (tertiary/aromatic N) is 5. The zero-order valence-electron chi connectivity index (χ0n) is 21.7. The van der Waals surface area contributed by atoms with Crippen LogP contribution in [0.1, 0.15) is 32.1 Å². The third kappa shape index (κ3) is 7.12. The molecule has 2 spiro atoms. The van der Waals surface area contributed by atoms with E-state index in [0.29, 0.717) is 5.91 Å². The molecule has 4 heterocycles. The minimum Gasteiger partial charge on any atom is -0.475 e. The lowest BCUT2D eigenvalue weighted by Crippen LogP contribution is -2.52. The second-order valence-corrected chi connectivity index (χ2v) is 10.6. The SMILES string of the molecule is CN1CCC2(CN(c3ncccn3)CC23CCN(CC2CC2)CC3)C1=O.O=C(O)C(F)(F)F.O=C(O)C(F)(F)F. The monoisotopic (exact) mass is 583 g/mol. The van der Waals surface area contributed by atoms with Crippen molar-refractivity contribution in [1.29, 1.82) is 0 Å². The number of rotatable bonds is 3. The number of halogens is 6. The lowest BCUT2D eigenvalue weighted by atomic mass is 9.60. The molecule has 5 rings (SSSR count). The van der Waals surface area contributed by atoms with Gasteiger partial charge in [-0.2, -0.15) is 26.3 Å². The van der Waals surface area contributed by atoms with Gasteiger partial charge >= 0.3 is 24.3 Å². The zero-order valence-corrected chi connectivity index (χ0v) is 21.7. The average Bonchev–Trinajstić information content (AvgIpc) is 3.58. The van der Waals surface area contributed by atoms with Gasteiger partial charge in [0.25, 0.3) is 0 Å². The van der Waals surface area contributed by atoms with Crippen molar-refractivity contribution in [3.05, 3.63) is 18.5 Å². The number of amides is 1. The molecular weight excluding hydrogens is 552 g/mol. The third-order valence-electron chi connectivity index (χ3n) is 7.95. The van der Waals surface area contributed by atoms with Gasteiger partial charge in [0.05, 0.1) is 5.41 Å². The van der Waals surface area contributed by atoms with Crippen molar-refractivity contribution in [3.63, 3.8) is 0 Å². The number of alkyl halides is 6.